The zero-order valence-electron chi connectivity index (χ0n) is 20.2. The van der Waals surface area contributed by atoms with Crippen LogP contribution in [0, 0.1) is 6.92 Å². The minimum atomic E-state index is -0.352. The Morgan fingerprint density at radius 2 is 2.12 bits per heavy atom. The van der Waals surface area contributed by atoms with Crippen LogP contribution in [0.25, 0.3) is 10.9 Å². The fourth-order valence-electron chi connectivity index (χ4n) is 3.14. The lowest BCUT2D eigenvalue weighted by Crippen LogP contribution is -2.45. The molecule has 2 N–H and O–H groups in total. The summed E-state index contributed by atoms with van der Waals surface area (Å²) in [5.74, 6) is 1.93. The van der Waals surface area contributed by atoms with Crippen molar-refractivity contribution in [1.82, 2.24) is 9.97 Å². The van der Waals surface area contributed by atoms with Crippen molar-refractivity contribution in [3.63, 3.8) is 0 Å². The Bertz CT molecular complexity index is 1040. The number of allylic oxidation sites excluding steroid dienone is 3. The second kappa shape index (κ2) is 10.8. The number of methoxy groups -OCH3 is 1. The number of aliphatic hydroxyl groups is 1. The Morgan fingerprint density at radius 3 is 2.75 bits per heavy atom. The van der Waals surface area contributed by atoms with Gasteiger partial charge in [0.05, 0.1) is 24.2 Å². The van der Waals surface area contributed by atoms with Gasteiger partial charge in [0.2, 0.25) is 5.88 Å². The topological polar surface area (TPSA) is 82.9 Å². The van der Waals surface area contributed by atoms with Gasteiger partial charge >= 0.3 is 0 Å². The number of hydrogen-bond donors (Lipinski definition) is 2. The van der Waals surface area contributed by atoms with Crippen molar-refractivity contribution in [1.29, 1.82) is 0 Å². The average Bonchev–Trinajstić information content (AvgIpc) is 2.79. The van der Waals surface area contributed by atoms with Gasteiger partial charge in [0.15, 0.2) is 0 Å². The van der Waals surface area contributed by atoms with Gasteiger partial charge < -0.3 is 20.1 Å². The summed E-state index contributed by atoms with van der Waals surface area (Å²) in [6.45, 7) is 13.6. The standard InChI is InChI=1S/C25H35N5O2/c1-9-11-12-23(31)17(3)27-24-21-15-20(13-14-22(21)28-18(4)29-24)30(7)25(6,10-2)16-26-19(5)32-8/h9,11-17,31H,5,10H2,1-4,6-8H3,(H,27,28,29)/b11-9-,23-12-,26-16?/t17-,25?/m1/s1. The van der Waals surface area contributed by atoms with Crippen LogP contribution in [0.2, 0.25) is 0 Å². The number of aliphatic hydroxyl groups excluding tert-OH is 1. The van der Waals surface area contributed by atoms with E-state index in [1.54, 1.807) is 19.3 Å². The number of aryl methyl sites for hydroxylation is 1. The maximum Gasteiger partial charge on any atom is 0.205 e. The highest BCUT2D eigenvalue weighted by molar-refractivity contribution is 5.92. The number of aromatic nitrogens is 2. The van der Waals surface area contributed by atoms with Crippen LogP contribution in [0.1, 0.15) is 39.9 Å². The lowest BCUT2D eigenvalue weighted by atomic mass is 9.97. The van der Waals surface area contributed by atoms with E-state index in [2.05, 4.69) is 51.7 Å². The van der Waals surface area contributed by atoms with Gasteiger partial charge in [-0.1, -0.05) is 19.1 Å². The fourth-order valence-corrected chi connectivity index (χ4v) is 3.14. The van der Waals surface area contributed by atoms with Crippen LogP contribution in [0.4, 0.5) is 11.5 Å². The number of rotatable bonds is 10. The van der Waals surface area contributed by atoms with Crippen LogP contribution in [-0.2, 0) is 4.74 Å². The zero-order valence-corrected chi connectivity index (χ0v) is 20.2. The van der Waals surface area contributed by atoms with E-state index in [0.29, 0.717) is 17.5 Å². The maximum absolute atomic E-state index is 10.3. The minimum Gasteiger partial charge on any atom is -0.510 e. The Kier molecular flexibility index (Phi) is 8.41. The first-order valence-electron chi connectivity index (χ1n) is 10.7. The molecule has 1 heterocycles. The lowest BCUT2D eigenvalue weighted by molar-refractivity contribution is 0.290. The number of ether oxygens (including phenoxy) is 1. The highest BCUT2D eigenvalue weighted by atomic mass is 16.5. The molecule has 2 atom stereocenters. The maximum atomic E-state index is 10.3. The molecule has 0 radical (unpaired) electrons. The Morgan fingerprint density at radius 1 is 1.41 bits per heavy atom. The van der Waals surface area contributed by atoms with Gasteiger partial charge in [0.1, 0.15) is 17.4 Å². The molecule has 0 saturated carbocycles. The normalized spacial score (nSPS) is 15.2. The number of aliphatic imine (C=N–C) groups is 1. The molecule has 32 heavy (non-hydrogen) atoms. The molecular weight excluding hydrogens is 402 g/mol. The molecule has 2 rings (SSSR count). The summed E-state index contributed by atoms with van der Waals surface area (Å²) < 4.78 is 5.08. The van der Waals surface area contributed by atoms with Crippen molar-refractivity contribution < 1.29 is 9.84 Å². The number of nitrogens with zero attached hydrogens (tertiary/aromatic N) is 4. The van der Waals surface area contributed by atoms with Crippen molar-refractivity contribution in [2.45, 2.75) is 52.6 Å². The Hall–Kier alpha value is -3.35. The molecule has 0 aliphatic heterocycles. The van der Waals surface area contributed by atoms with Crippen LogP contribution in [0.5, 0.6) is 0 Å². The van der Waals surface area contributed by atoms with Crippen LogP contribution in [0.15, 0.2) is 59.6 Å². The lowest BCUT2D eigenvalue weighted by Gasteiger charge is -2.37. The van der Waals surface area contributed by atoms with E-state index in [4.69, 9.17) is 4.74 Å². The third kappa shape index (κ3) is 5.87. The first kappa shape index (κ1) is 24.9. The molecule has 1 aromatic carbocycles. The first-order chi connectivity index (χ1) is 15.1. The van der Waals surface area contributed by atoms with Crippen molar-refractivity contribution in [2.24, 2.45) is 4.99 Å². The number of nitrogens with one attached hydrogen (secondary N) is 1. The van der Waals surface area contributed by atoms with Crippen molar-refractivity contribution in [2.75, 3.05) is 24.4 Å². The summed E-state index contributed by atoms with van der Waals surface area (Å²) in [4.78, 5) is 15.7. The average molecular weight is 438 g/mol. The smallest absolute Gasteiger partial charge is 0.205 e. The van der Waals surface area contributed by atoms with Crippen molar-refractivity contribution >= 4 is 28.6 Å². The summed E-state index contributed by atoms with van der Waals surface area (Å²) in [5.41, 5.74) is 1.48. The predicted molar refractivity (Wildman–Crippen MR) is 135 cm³/mol. The molecule has 172 valence electrons. The Balaban J connectivity index is 2.48. The first-order valence-corrected chi connectivity index (χ1v) is 10.7. The molecule has 0 bridgehead atoms. The summed E-state index contributed by atoms with van der Waals surface area (Å²) in [5, 5.41) is 14.5. The molecule has 1 aromatic heterocycles. The highest BCUT2D eigenvalue weighted by Crippen LogP contribution is 2.30. The summed E-state index contributed by atoms with van der Waals surface area (Å²) in [6.07, 6.45) is 8.03. The summed E-state index contributed by atoms with van der Waals surface area (Å²) in [6, 6.07) is 5.78. The number of anilines is 2. The molecule has 1 unspecified atom stereocenters. The van der Waals surface area contributed by atoms with E-state index >= 15 is 0 Å². The van der Waals surface area contributed by atoms with Gasteiger partial charge in [-0.15, -0.1) is 0 Å². The number of benzene rings is 1. The predicted octanol–water partition coefficient (Wildman–Crippen LogP) is 5.55. The molecule has 0 aliphatic carbocycles. The van der Waals surface area contributed by atoms with Crippen molar-refractivity contribution in [3.8, 4) is 0 Å². The summed E-state index contributed by atoms with van der Waals surface area (Å²) in [7, 11) is 3.59. The second-order valence-corrected chi connectivity index (χ2v) is 7.93. The summed E-state index contributed by atoms with van der Waals surface area (Å²) >= 11 is 0. The van der Waals surface area contributed by atoms with Crippen LogP contribution < -0.4 is 10.2 Å². The molecule has 2 aromatic rings. The molecule has 7 heteroatoms. The minimum absolute atomic E-state index is 0.230. The van der Waals surface area contributed by atoms with E-state index in [1.165, 1.54) is 0 Å². The van der Waals surface area contributed by atoms with Gasteiger partial charge in [-0.2, -0.15) is 0 Å². The number of hydrogen-bond acceptors (Lipinski definition) is 7. The van der Waals surface area contributed by atoms with Gasteiger partial charge in [-0.05, 0) is 65.0 Å². The molecule has 0 aliphatic rings. The molecule has 0 fully saturated rings. The van der Waals surface area contributed by atoms with Gasteiger partial charge in [0, 0.05) is 24.3 Å². The quantitative estimate of drug-likeness (QED) is 0.288. The van der Waals surface area contributed by atoms with E-state index in [1.807, 2.05) is 52.2 Å². The van der Waals surface area contributed by atoms with E-state index in [9.17, 15) is 5.11 Å². The van der Waals surface area contributed by atoms with Crippen LogP contribution >= 0.6 is 0 Å². The highest BCUT2D eigenvalue weighted by Gasteiger charge is 2.26. The largest absolute Gasteiger partial charge is 0.510 e. The fraction of sp³-hybridized carbons (Fsp3) is 0.400. The van der Waals surface area contributed by atoms with E-state index in [0.717, 1.165) is 23.0 Å². The molecule has 0 saturated heterocycles. The van der Waals surface area contributed by atoms with Crippen LogP contribution in [0.3, 0.4) is 0 Å². The van der Waals surface area contributed by atoms with Crippen LogP contribution in [-0.4, -0.2) is 47.0 Å². The molecule has 0 spiro atoms. The van der Waals surface area contributed by atoms with Gasteiger partial charge in [-0.3, -0.25) is 0 Å². The van der Waals surface area contributed by atoms with E-state index < -0.39 is 0 Å². The zero-order chi connectivity index (χ0) is 23.9. The SMILES string of the molecule is C=C(N=CC(C)(CC)N(C)c1ccc2nc(C)nc(N[C@H](C)/C(O)=C/C=C\C)c2c1)OC. The third-order valence-electron chi connectivity index (χ3n) is 5.64. The number of fused-ring (bicyclic) bond motifs is 1. The Labute approximate surface area is 191 Å². The third-order valence-corrected chi connectivity index (χ3v) is 5.64. The molecular formula is C25H35N5O2. The monoisotopic (exact) mass is 437 g/mol. The van der Waals surface area contributed by atoms with Crippen molar-refractivity contribution in [3.05, 3.63) is 60.5 Å². The second-order valence-electron chi connectivity index (χ2n) is 7.93. The van der Waals surface area contributed by atoms with Gasteiger partial charge in [-0.25, -0.2) is 15.0 Å². The molecule has 0 amide bonds. The van der Waals surface area contributed by atoms with Gasteiger partial charge in [0.25, 0.3) is 0 Å². The van der Waals surface area contributed by atoms with E-state index in [-0.39, 0.29) is 17.3 Å². The molecule has 7 nitrogen and oxygen atoms in total.